The molecule has 0 atom stereocenters. The number of carbonyl (C=O) groups is 2. The number of rotatable bonds is 10. The number of hydrogen-bond donors (Lipinski definition) is 0. The zero-order valence-corrected chi connectivity index (χ0v) is 29.3. The summed E-state index contributed by atoms with van der Waals surface area (Å²) in [7, 11) is 2.00. The molecule has 0 aliphatic rings. The largest absolute Gasteiger partial charge is 0.489 e. The molecular weight excluding hydrogens is 647 g/mol. The van der Waals surface area contributed by atoms with E-state index >= 15 is 0 Å². The smallest absolute Gasteiger partial charge is 0.345 e. The Morgan fingerprint density at radius 1 is 0.596 bits per heavy atom. The summed E-state index contributed by atoms with van der Waals surface area (Å²) in [5.74, 6) is 0.313. The first-order valence-corrected chi connectivity index (χ1v) is 17.2. The van der Waals surface area contributed by atoms with Crippen LogP contribution < -0.4 is 14.0 Å². The normalized spacial score (nSPS) is 11.2. The lowest BCUT2D eigenvalue weighted by molar-refractivity contribution is -0.617. The Morgan fingerprint density at radius 2 is 1.17 bits per heavy atom. The summed E-state index contributed by atoms with van der Waals surface area (Å²) in [5, 5.41) is 1.56. The van der Waals surface area contributed by atoms with Crippen LogP contribution in [0.15, 0.2) is 140 Å². The lowest BCUT2D eigenvalue weighted by Gasteiger charge is -2.15. The van der Waals surface area contributed by atoms with E-state index in [0.717, 1.165) is 49.8 Å². The maximum atomic E-state index is 14.2. The molecule has 256 valence electrons. The number of carbonyl (C=O) groups excluding carboxylic acids is 2. The van der Waals surface area contributed by atoms with Crippen LogP contribution in [0.2, 0.25) is 0 Å². The van der Waals surface area contributed by atoms with Gasteiger partial charge in [0.05, 0.1) is 21.9 Å². The number of pyridine rings is 1. The highest BCUT2D eigenvalue weighted by Gasteiger charge is 2.25. The highest BCUT2D eigenvalue weighted by molar-refractivity contribution is 6.14. The monoisotopic (exact) mass is 684 g/mol. The standard InChI is InChI=1S/C46H38NO5/c1-31-26-37(45(48)51-30-36-14-8-5-9-15-36)27-32(2)44(31)52-46(49)43-39-16-10-11-17-41(39)47(3)42-25-22-34(28-40(42)43)19-18-33-20-23-38(24-21-33)50-29-35-12-6-4-7-13-35/h4-28H,29-30H2,1-3H3/q+1. The minimum Gasteiger partial charge on any atom is -0.489 e. The molecule has 7 aromatic rings. The van der Waals surface area contributed by atoms with Crippen molar-refractivity contribution in [1.82, 2.24) is 0 Å². The second-order valence-corrected chi connectivity index (χ2v) is 12.8. The van der Waals surface area contributed by atoms with Crippen molar-refractivity contribution >= 4 is 45.9 Å². The number of fused-ring (bicyclic) bond motifs is 2. The Balaban J connectivity index is 1.15. The lowest BCUT2D eigenvalue weighted by atomic mass is 9.99. The molecule has 0 bridgehead atoms. The van der Waals surface area contributed by atoms with E-state index in [0.29, 0.717) is 34.6 Å². The molecule has 7 rings (SSSR count). The van der Waals surface area contributed by atoms with Crippen LogP contribution in [-0.2, 0) is 25.0 Å². The molecule has 0 fully saturated rings. The van der Waals surface area contributed by atoms with Gasteiger partial charge in [0.1, 0.15) is 31.8 Å². The van der Waals surface area contributed by atoms with E-state index in [-0.39, 0.29) is 6.61 Å². The summed E-state index contributed by atoms with van der Waals surface area (Å²) < 4.78 is 19.8. The van der Waals surface area contributed by atoms with Gasteiger partial charge < -0.3 is 14.2 Å². The minimum atomic E-state index is -0.473. The summed E-state index contributed by atoms with van der Waals surface area (Å²) >= 11 is 0. The molecule has 6 nitrogen and oxygen atoms in total. The molecule has 0 spiro atoms. The van der Waals surface area contributed by atoms with Crippen LogP contribution in [0.25, 0.3) is 34.0 Å². The Hall–Kier alpha value is -6.53. The Bertz CT molecular complexity index is 2410. The molecule has 0 aliphatic heterocycles. The van der Waals surface area contributed by atoms with Crippen molar-refractivity contribution in [3.63, 3.8) is 0 Å². The van der Waals surface area contributed by atoms with Gasteiger partial charge >= 0.3 is 11.9 Å². The lowest BCUT2D eigenvalue weighted by Crippen LogP contribution is -2.31. The van der Waals surface area contributed by atoms with Crippen LogP contribution in [0.1, 0.15) is 54.1 Å². The van der Waals surface area contributed by atoms with E-state index < -0.39 is 11.9 Å². The van der Waals surface area contributed by atoms with Gasteiger partial charge in [-0.3, -0.25) is 0 Å². The minimum absolute atomic E-state index is 0.174. The van der Waals surface area contributed by atoms with Gasteiger partial charge in [0.25, 0.3) is 0 Å². The third kappa shape index (κ3) is 7.47. The van der Waals surface area contributed by atoms with E-state index in [2.05, 4.69) is 4.57 Å². The summed E-state index contributed by atoms with van der Waals surface area (Å²) in [5.41, 5.74) is 7.99. The van der Waals surface area contributed by atoms with Crippen molar-refractivity contribution in [1.29, 1.82) is 0 Å². The zero-order chi connectivity index (χ0) is 36.0. The predicted molar refractivity (Wildman–Crippen MR) is 205 cm³/mol. The van der Waals surface area contributed by atoms with Crippen molar-refractivity contribution in [2.45, 2.75) is 27.1 Å². The summed E-state index contributed by atoms with van der Waals surface area (Å²) in [6.07, 6.45) is 4.08. The van der Waals surface area contributed by atoms with Crippen molar-refractivity contribution in [3.8, 4) is 11.5 Å². The molecule has 0 N–H and O–H groups in total. The fourth-order valence-corrected chi connectivity index (χ4v) is 6.41. The molecule has 0 unspecified atom stereocenters. The van der Waals surface area contributed by atoms with Crippen molar-refractivity contribution in [2.24, 2.45) is 7.05 Å². The molecule has 1 aromatic heterocycles. The second kappa shape index (κ2) is 15.2. The number of ether oxygens (including phenoxy) is 3. The molecule has 6 heteroatoms. The molecule has 1 heterocycles. The molecule has 0 saturated heterocycles. The van der Waals surface area contributed by atoms with Gasteiger partial charge in [0, 0.05) is 12.1 Å². The summed E-state index contributed by atoms with van der Waals surface area (Å²) in [6.45, 7) is 4.34. The van der Waals surface area contributed by atoms with Crippen LogP contribution in [0.5, 0.6) is 11.5 Å². The zero-order valence-electron chi connectivity index (χ0n) is 29.3. The predicted octanol–water partition coefficient (Wildman–Crippen LogP) is 9.76. The Kier molecular flexibility index (Phi) is 9.89. The Labute approximate surface area is 303 Å². The van der Waals surface area contributed by atoms with Crippen molar-refractivity contribution in [3.05, 3.63) is 184 Å². The van der Waals surface area contributed by atoms with E-state index in [4.69, 9.17) is 14.2 Å². The first kappa shape index (κ1) is 33.9. The molecular formula is C46H38NO5+. The highest BCUT2D eigenvalue weighted by Crippen LogP contribution is 2.31. The summed E-state index contributed by atoms with van der Waals surface area (Å²) in [4.78, 5) is 27.2. The average molecular weight is 685 g/mol. The van der Waals surface area contributed by atoms with Crippen LogP contribution >= 0.6 is 0 Å². The van der Waals surface area contributed by atoms with E-state index in [1.807, 2.05) is 160 Å². The maximum absolute atomic E-state index is 14.2. The number of aryl methyl sites for hydroxylation is 3. The van der Waals surface area contributed by atoms with Gasteiger partial charge in [-0.25, -0.2) is 9.59 Å². The number of benzene rings is 6. The molecule has 0 saturated carbocycles. The second-order valence-electron chi connectivity index (χ2n) is 12.8. The third-order valence-corrected chi connectivity index (χ3v) is 9.09. The van der Waals surface area contributed by atoms with Crippen molar-refractivity contribution < 1.29 is 28.4 Å². The van der Waals surface area contributed by atoms with Crippen LogP contribution in [-0.4, -0.2) is 11.9 Å². The molecule has 0 radical (unpaired) electrons. The van der Waals surface area contributed by atoms with E-state index in [9.17, 15) is 9.59 Å². The SMILES string of the molecule is Cc1cc(C(=O)OCc2ccccc2)cc(C)c1OC(=O)c1c2ccccc2[n+](C)c2ccc(C=Cc3ccc(OCc4ccccc4)cc3)cc12. The summed E-state index contributed by atoms with van der Waals surface area (Å²) in [6, 6.07) is 44.9. The van der Waals surface area contributed by atoms with Gasteiger partial charge in [-0.05, 0) is 89.7 Å². The van der Waals surface area contributed by atoms with E-state index in [1.54, 1.807) is 12.1 Å². The average Bonchev–Trinajstić information content (AvgIpc) is 3.18. The van der Waals surface area contributed by atoms with Crippen LogP contribution in [0.4, 0.5) is 0 Å². The van der Waals surface area contributed by atoms with Gasteiger partial charge in [-0.2, -0.15) is 4.57 Å². The number of para-hydroxylation sites is 1. The number of esters is 2. The molecule has 52 heavy (non-hydrogen) atoms. The first-order chi connectivity index (χ1) is 25.3. The topological polar surface area (TPSA) is 65.7 Å². The fourth-order valence-electron chi connectivity index (χ4n) is 6.41. The Morgan fingerprint density at radius 3 is 1.87 bits per heavy atom. The number of hydrogen-bond acceptors (Lipinski definition) is 5. The molecule has 0 amide bonds. The van der Waals surface area contributed by atoms with Gasteiger partial charge in [0.15, 0.2) is 0 Å². The first-order valence-electron chi connectivity index (χ1n) is 17.2. The molecule has 0 aliphatic carbocycles. The van der Waals surface area contributed by atoms with Gasteiger partial charge in [-0.15, -0.1) is 0 Å². The fraction of sp³-hybridized carbons (Fsp3) is 0.109. The number of aromatic nitrogens is 1. The van der Waals surface area contributed by atoms with Crippen LogP contribution in [0.3, 0.4) is 0 Å². The quantitative estimate of drug-likeness (QED) is 0.0472. The maximum Gasteiger partial charge on any atom is 0.345 e. The van der Waals surface area contributed by atoms with Gasteiger partial charge in [0.2, 0.25) is 11.0 Å². The van der Waals surface area contributed by atoms with Gasteiger partial charge in [-0.1, -0.05) is 97.1 Å². The van der Waals surface area contributed by atoms with Crippen molar-refractivity contribution in [2.75, 3.05) is 0 Å². The number of nitrogens with zero attached hydrogens (tertiary/aromatic N) is 1. The molecule has 6 aromatic carbocycles. The highest BCUT2D eigenvalue weighted by atomic mass is 16.5. The van der Waals surface area contributed by atoms with E-state index in [1.165, 1.54) is 0 Å². The third-order valence-electron chi connectivity index (χ3n) is 9.09. The van der Waals surface area contributed by atoms with Crippen LogP contribution in [0, 0.1) is 13.8 Å².